The van der Waals surface area contributed by atoms with Crippen molar-refractivity contribution in [2.24, 2.45) is 10.2 Å². The van der Waals surface area contributed by atoms with Crippen LogP contribution in [-0.2, 0) is 10.8 Å². The van der Waals surface area contributed by atoms with Crippen LogP contribution >= 0.6 is 0 Å². The highest BCUT2D eigenvalue weighted by molar-refractivity contribution is 5.60. The Morgan fingerprint density at radius 3 is 1.96 bits per heavy atom. The van der Waals surface area contributed by atoms with Gasteiger partial charge in [0.15, 0.2) is 0 Å². The van der Waals surface area contributed by atoms with Crippen LogP contribution in [0, 0.1) is 10.1 Å². The normalized spacial score (nSPS) is 12.5. The number of nitrogens with zero attached hydrogens (tertiary/aromatic N) is 3. The summed E-state index contributed by atoms with van der Waals surface area (Å²) in [7, 11) is 0. The van der Waals surface area contributed by atoms with Crippen LogP contribution in [0.5, 0.6) is 5.75 Å². The molecule has 1 N–H and O–H groups in total. The van der Waals surface area contributed by atoms with E-state index in [1.165, 1.54) is 24.3 Å². The number of hydrogen-bond acceptors (Lipinski definition) is 5. The fourth-order valence-corrected chi connectivity index (χ4v) is 2.45. The predicted octanol–water partition coefficient (Wildman–Crippen LogP) is 6.31. The van der Waals surface area contributed by atoms with Gasteiger partial charge in [-0.2, -0.15) is 5.11 Å². The van der Waals surface area contributed by atoms with Crippen LogP contribution in [0.3, 0.4) is 0 Å². The van der Waals surface area contributed by atoms with E-state index in [4.69, 9.17) is 0 Å². The molecule has 0 bridgehead atoms. The fourth-order valence-electron chi connectivity index (χ4n) is 2.45. The van der Waals surface area contributed by atoms with E-state index >= 15 is 0 Å². The van der Waals surface area contributed by atoms with Crippen LogP contribution in [0.1, 0.15) is 52.7 Å². The molecule has 138 valence electrons. The van der Waals surface area contributed by atoms with Gasteiger partial charge in [0.1, 0.15) is 11.4 Å². The first kappa shape index (κ1) is 19.6. The second-order valence-corrected chi connectivity index (χ2v) is 8.37. The largest absolute Gasteiger partial charge is 0.505 e. The number of phenols is 1. The summed E-state index contributed by atoms with van der Waals surface area (Å²) in [6.45, 7) is 12.4. The third-order valence-electron chi connectivity index (χ3n) is 4.10. The number of rotatable bonds is 3. The minimum Gasteiger partial charge on any atom is -0.505 e. The molecule has 0 heterocycles. The SMILES string of the molecule is CC(C)(C)c1cc(N=Nc2ccc([N+](=O)[O-])cc2)c(O)c(C(C)(C)C)c1. The summed E-state index contributed by atoms with van der Waals surface area (Å²) in [5.74, 6) is 0.108. The third kappa shape index (κ3) is 4.45. The van der Waals surface area contributed by atoms with Crippen LogP contribution in [-0.4, -0.2) is 10.0 Å². The number of phenolic OH excluding ortho intramolecular Hbond substituents is 1. The highest BCUT2D eigenvalue weighted by Gasteiger charge is 2.25. The molecule has 0 saturated carbocycles. The van der Waals surface area contributed by atoms with Gasteiger partial charge in [-0.05, 0) is 34.6 Å². The number of nitro benzene ring substituents is 1. The molecule has 0 aliphatic carbocycles. The average Bonchev–Trinajstić information content (AvgIpc) is 2.52. The maximum absolute atomic E-state index is 10.7. The number of hydrogen-bond donors (Lipinski definition) is 1. The molecule has 6 nitrogen and oxygen atoms in total. The number of aromatic hydroxyl groups is 1. The van der Waals surface area contributed by atoms with E-state index in [0.717, 1.165) is 11.1 Å². The molecule has 26 heavy (non-hydrogen) atoms. The van der Waals surface area contributed by atoms with Gasteiger partial charge in [0, 0.05) is 17.7 Å². The Hall–Kier alpha value is -2.76. The quantitative estimate of drug-likeness (QED) is 0.397. The summed E-state index contributed by atoms with van der Waals surface area (Å²) in [4.78, 5) is 10.3. The lowest BCUT2D eigenvalue weighted by Gasteiger charge is -2.26. The molecule has 6 heteroatoms. The predicted molar refractivity (Wildman–Crippen MR) is 103 cm³/mol. The smallest absolute Gasteiger partial charge is 0.269 e. The molecule has 0 aliphatic rings. The van der Waals surface area contributed by atoms with Gasteiger partial charge in [-0.3, -0.25) is 10.1 Å². The molecule has 2 rings (SSSR count). The monoisotopic (exact) mass is 355 g/mol. The molecule has 0 aromatic heterocycles. The maximum atomic E-state index is 10.7. The zero-order chi connectivity index (χ0) is 19.7. The van der Waals surface area contributed by atoms with E-state index in [1.807, 2.05) is 32.9 Å². The van der Waals surface area contributed by atoms with Crippen molar-refractivity contribution >= 4 is 17.1 Å². The molecule has 0 aliphatic heterocycles. The van der Waals surface area contributed by atoms with Crippen LogP contribution in [0.4, 0.5) is 17.1 Å². The Morgan fingerprint density at radius 1 is 0.923 bits per heavy atom. The van der Waals surface area contributed by atoms with E-state index in [9.17, 15) is 15.2 Å². The van der Waals surface area contributed by atoms with Crippen molar-refractivity contribution in [2.75, 3.05) is 0 Å². The zero-order valence-corrected chi connectivity index (χ0v) is 16.1. The second kappa shape index (κ2) is 6.86. The minimum atomic E-state index is -0.463. The van der Waals surface area contributed by atoms with Gasteiger partial charge in [0.25, 0.3) is 5.69 Å². The molecule has 2 aromatic rings. The lowest BCUT2D eigenvalue weighted by molar-refractivity contribution is -0.384. The van der Waals surface area contributed by atoms with Gasteiger partial charge in [0.05, 0.1) is 10.6 Å². The summed E-state index contributed by atoms with van der Waals surface area (Å²) in [6, 6.07) is 9.65. The Bertz CT molecular complexity index is 842. The van der Waals surface area contributed by atoms with Crippen molar-refractivity contribution in [3.63, 3.8) is 0 Å². The molecular weight excluding hydrogens is 330 g/mol. The number of non-ortho nitro benzene ring substituents is 1. The van der Waals surface area contributed by atoms with Crippen LogP contribution in [0.15, 0.2) is 46.6 Å². The Labute approximate surface area is 153 Å². The Morgan fingerprint density at radius 2 is 1.50 bits per heavy atom. The Balaban J connectivity index is 2.49. The van der Waals surface area contributed by atoms with E-state index in [1.54, 1.807) is 0 Å². The zero-order valence-electron chi connectivity index (χ0n) is 16.1. The summed E-state index contributed by atoms with van der Waals surface area (Å²) in [5.41, 5.74) is 2.38. The van der Waals surface area contributed by atoms with Crippen LogP contribution < -0.4 is 0 Å². The number of benzene rings is 2. The van der Waals surface area contributed by atoms with E-state index < -0.39 is 4.92 Å². The standard InChI is InChI=1S/C20H25N3O3/c1-19(2,3)13-11-16(20(4,5)6)18(24)17(12-13)22-21-14-7-9-15(10-8-14)23(25)26/h7-12,24H,1-6H3. The van der Waals surface area contributed by atoms with E-state index in [0.29, 0.717) is 11.4 Å². The van der Waals surface area contributed by atoms with Crippen LogP contribution in [0.25, 0.3) is 0 Å². The highest BCUT2D eigenvalue weighted by atomic mass is 16.6. The molecule has 0 spiro atoms. The second-order valence-electron chi connectivity index (χ2n) is 8.37. The molecule has 0 atom stereocenters. The van der Waals surface area contributed by atoms with Gasteiger partial charge in [-0.15, -0.1) is 5.11 Å². The van der Waals surface area contributed by atoms with Gasteiger partial charge in [-0.25, -0.2) is 0 Å². The van der Waals surface area contributed by atoms with Crippen LogP contribution in [0.2, 0.25) is 0 Å². The summed E-state index contributed by atoms with van der Waals surface area (Å²) < 4.78 is 0. The van der Waals surface area contributed by atoms with Crippen molar-refractivity contribution in [1.29, 1.82) is 0 Å². The van der Waals surface area contributed by atoms with Crippen molar-refractivity contribution in [2.45, 2.75) is 52.4 Å². The summed E-state index contributed by atoms with van der Waals surface area (Å²) in [6.07, 6.45) is 0. The molecule has 0 fully saturated rings. The molecule has 0 radical (unpaired) electrons. The molecule has 0 unspecified atom stereocenters. The number of nitro groups is 1. The molecule has 0 amide bonds. The first-order valence-electron chi connectivity index (χ1n) is 8.44. The third-order valence-corrected chi connectivity index (χ3v) is 4.10. The van der Waals surface area contributed by atoms with Gasteiger partial charge in [0.2, 0.25) is 0 Å². The summed E-state index contributed by atoms with van der Waals surface area (Å²) in [5, 5.41) is 29.7. The van der Waals surface area contributed by atoms with Crippen molar-refractivity contribution in [3.05, 3.63) is 57.6 Å². The van der Waals surface area contributed by atoms with Crippen molar-refractivity contribution in [1.82, 2.24) is 0 Å². The minimum absolute atomic E-state index is 0.00320. The van der Waals surface area contributed by atoms with Crippen molar-refractivity contribution in [3.8, 4) is 5.75 Å². The topological polar surface area (TPSA) is 88.1 Å². The lowest BCUT2D eigenvalue weighted by atomic mass is 9.80. The first-order chi connectivity index (χ1) is 11.9. The number of azo groups is 1. The highest BCUT2D eigenvalue weighted by Crippen LogP contribution is 2.42. The van der Waals surface area contributed by atoms with Gasteiger partial charge >= 0.3 is 0 Å². The van der Waals surface area contributed by atoms with Gasteiger partial charge in [-0.1, -0.05) is 47.6 Å². The molecule has 0 saturated heterocycles. The Kier molecular flexibility index (Phi) is 5.16. The summed E-state index contributed by atoms with van der Waals surface area (Å²) >= 11 is 0. The van der Waals surface area contributed by atoms with E-state index in [-0.39, 0.29) is 22.3 Å². The van der Waals surface area contributed by atoms with E-state index in [2.05, 4.69) is 31.0 Å². The lowest BCUT2D eigenvalue weighted by Crippen LogP contribution is -2.16. The fraction of sp³-hybridized carbons (Fsp3) is 0.400. The van der Waals surface area contributed by atoms with Crippen molar-refractivity contribution < 1.29 is 10.0 Å². The molecule has 2 aromatic carbocycles. The average molecular weight is 355 g/mol. The first-order valence-corrected chi connectivity index (χ1v) is 8.44. The molecular formula is C20H25N3O3. The van der Waals surface area contributed by atoms with Gasteiger partial charge < -0.3 is 5.11 Å². The maximum Gasteiger partial charge on any atom is 0.269 e.